The summed E-state index contributed by atoms with van der Waals surface area (Å²) >= 11 is 0. The minimum atomic E-state index is -0.316. The molecule has 3 N–H and O–H groups in total. The Hall–Kier alpha value is -1.06. The smallest absolute Gasteiger partial charge is 0.0865 e. The third-order valence-corrected chi connectivity index (χ3v) is 2.96. The Morgan fingerprint density at radius 2 is 2.33 bits per heavy atom. The Kier molecular flexibility index (Phi) is 3.23. The summed E-state index contributed by atoms with van der Waals surface area (Å²) in [7, 11) is 1.86. The highest BCUT2D eigenvalue weighted by atomic mass is 16.3. The van der Waals surface area contributed by atoms with E-state index in [9.17, 15) is 5.11 Å². The first-order valence-corrected chi connectivity index (χ1v) is 5.48. The number of hydrogen-bond acceptors (Lipinski definition) is 3. The maximum atomic E-state index is 9.87. The van der Waals surface area contributed by atoms with Gasteiger partial charge in [-0.25, -0.2) is 0 Å². The summed E-state index contributed by atoms with van der Waals surface area (Å²) in [4.78, 5) is 0. The molecule has 0 bridgehead atoms. The van der Waals surface area contributed by atoms with Crippen molar-refractivity contribution >= 4 is 5.69 Å². The molecule has 0 fully saturated rings. The van der Waals surface area contributed by atoms with Gasteiger partial charge in [0.05, 0.1) is 12.1 Å². The molecule has 0 spiro atoms. The van der Waals surface area contributed by atoms with E-state index in [-0.39, 0.29) is 12.1 Å². The molecule has 1 heterocycles. The second-order valence-electron chi connectivity index (χ2n) is 4.07. The Morgan fingerprint density at radius 1 is 1.53 bits per heavy atom. The number of nitrogens with one attached hydrogen (secondary N) is 2. The average Bonchev–Trinajstić information content (AvgIpc) is 2.29. The zero-order chi connectivity index (χ0) is 10.7. The molecule has 15 heavy (non-hydrogen) atoms. The monoisotopic (exact) mass is 206 g/mol. The molecular formula is C12H18N2O. The molecule has 3 heteroatoms. The lowest BCUT2D eigenvalue weighted by atomic mass is 9.95. The van der Waals surface area contributed by atoms with Crippen LogP contribution in [0.25, 0.3) is 0 Å². The molecule has 0 radical (unpaired) electrons. The highest BCUT2D eigenvalue weighted by molar-refractivity contribution is 5.53. The molecule has 1 aromatic carbocycles. The molecule has 0 aromatic heterocycles. The van der Waals surface area contributed by atoms with E-state index in [4.69, 9.17) is 0 Å². The van der Waals surface area contributed by atoms with Crippen molar-refractivity contribution in [1.82, 2.24) is 5.32 Å². The molecule has 1 aliphatic rings. The first kappa shape index (κ1) is 10.5. The minimum absolute atomic E-state index is 0.173. The number of likely N-dealkylation sites (N-methyl/N-ethyl adjacent to an activating group) is 1. The summed E-state index contributed by atoms with van der Waals surface area (Å²) in [5.74, 6) is 0. The van der Waals surface area contributed by atoms with Crippen LogP contribution in [0.5, 0.6) is 0 Å². The van der Waals surface area contributed by atoms with Gasteiger partial charge in [0.2, 0.25) is 0 Å². The lowest BCUT2D eigenvalue weighted by Gasteiger charge is -2.30. The number of para-hydroxylation sites is 1. The Morgan fingerprint density at radius 3 is 3.13 bits per heavy atom. The van der Waals surface area contributed by atoms with Crippen molar-refractivity contribution < 1.29 is 5.11 Å². The second kappa shape index (κ2) is 4.64. The van der Waals surface area contributed by atoms with Crippen molar-refractivity contribution in [3.05, 3.63) is 29.8 Å². The molecule has 1 aromatic rings. The van der Waals surface area contributed by atoms with Crippen LogP contribution in [0.3, 0.4) is 0 Å². The number of aryl methyl sites for hydroxylation is 1. The van der Waals surface area contributed by atoms with Gasteiger partial charge in [-0.1, -0.05) is 18.2 Å². The fourth-order valence-electron chi connectivity index (χ4n) is 2.10. The summed E-state index contributed by atoms with van der Waals surface area (Å²) < 4.78 is 0. The summed E-state index contributed by atoms with van der Waals surface area (Å²) in [6, 6.07) is 8.48. The van der Waals surface area contributed by atoms with E-state index in [1.807, 2.05) is 13.1 Å². The Balaban J connectivity index is 2.05. The van der Waals surface area contributed by atoms with Gasteiger partial charge in [-0.2, -0.15) is 0 Å². The van der Waals surface area contributed by atoms with Crippen molar-refractivity contribution in [3.63, 3.8) is 0 Å². The van der Waals surface area contributed by atoms with Gasteiger partial charge in [-0.3, -0.25) is 0 Å². The first-order chi connectivity index (χ1) is 7.31. The van der Waals surface area contributed by atoms with Crippen molar-refractivity contribution in [1.29, 1.82) is 0 Å². The lowest BCUT2D eigenvalue weighted by molar-refractivity contribution is 0.147. The van der Waals surface area contributed by atoms with Gasteiger partial charge in [-0.05, 0) is 31.5 Å². The first-order valence-electron chi connectivity index (χ1n) is 5.48. The van der Waals surface area contributed by atoms with E-state index in [2.05, 4.69) is 28.8 Å². The maximum Gasteiger partial charge on any atom is 0.0865 e. The summed E-state index contributed by atoms with van der Waals surface area (Å²) in [5, 5.41) is 16.3. The molecule has 3 nitrogen and oxygen atoms in total. The van der Waals surface area contributed by atoms with E-state index in [1.54, 1.807) is 0 Å². The van der Waals surface area contributed by atoms with Crippen LogP contribution in [0.1, 0.15) is 12.0 Å². The lowest BCUT2D eigenvalue weighted by Crippen LogP contribution is -2.42. The quantitative estimate of drug-likeness (QED) is 0.691. The van der Waals surface area contributed by atoms with E-state index in [0.717, 1.165) is 12.8 Å². The van der Waals surface area contributed by atoms with Gasteiger partial charge in [0, 0.05) is 12.2 Å². The van der Waals surface area contributed by atoms with Gasteiger partial charge < -0.3 is 15.7 Å². The fourth-order valence-corrected chi connectivity index (χ4v) is 2.10. The number of hydrogen-bond donors (Lipinski definition) is 3. The molecule has 82 valence electrons. The van der Waals surface area contributed by atoms with Crippen molar-refractivity contribution in [2.45, 2.75) is 25.0 Å². The molecule has 0 saturated carbocycles. The summed E-state index contributed by atoms with van der Waals surface area (Å²) in [6.45, 7) is 0.639. The maximum absolute atomic E-state index is 9.87. The molecular weight excluding hydrogens is 188 g/mol. The number of aliphatic hydroxyl groups excluding tert-OH is 1. The van der Waals surface area contributed by atoms with Crippen LogP contribution in [0, 0.1) is 0 Å². The fraction of sp³-hybridized carbons (Fsp3) is 0.500. The third kappa shape index (κ3) is 2.30. The van der Waals surface area contributed by atoms with Crippen LogP contribution in [-0.2, 0) is 6.42 Å². The summed E-state index contributed by atoms with van der Waals surface area (Å²) in [5.41, 5.74) is 2.52. The number of benzene rings is 1. The molecule has 0 saturated heterocycles. The molecule has 2 rings (SSSR count). The molecule has 2 unspecified atom stereocenters. The van der Waals surface area contributed by atoms with E-state index >= 15 is 0 Å². The second-order valence-corrected chi connectivity index (χ2v) is 4.07. The zero-order valence-corrected chi connectivity index (χ0v) is 9.03. The largest absolute Gasteiger partial charge is 0.390 e. The van der Waals surface area contributed by atoms with Crippen molar-refractivity contribution in [2.24, 2.45) is 0 Å². The normalized spacial score (nSPS) is 21.6. The van der Waals surface area contributed by atoms with Crippen LogP contribution < -0.4 is 10.6 Å². The molecule has 0 amide bonds. The average molecular weight is 206 g/mol. The highest BCUT2D eigenvalue weighted by Crippen LogP contribution is 2.25. The number of aliphatic hydroxyl groups is 1. The molecule has 1 aliphatic heterocycles. The van der Waals surface area contributed by atoms with Gasteiger partial charge in [0.1, 0.15) is 0 Å². The number of rotatable bonds is 3. The standard InChI is InChI=1S/C12H18N2O/c1-13-8-12(15)11-7-6-9-4-2-3-5-10(9)14-11/h2-5,11-15H,6-8H2,1H3. The van der Waals surface area contributed by atoms with Crippen LogP contribution in [0.15, 0.2) is 24.3 Å². The van der Waals surface area contributed by atoms with Crippen molar-refractivity contribution in [2.75, 3.05) is 18.9 Å². The van der Waals surface area contributed by atoms with E-state index < -0.39 is 0 Å². The topological polar surface area (TPSA) is 44.3 Å². The van der Waals surface area contributed by atoms with Crippen LogP contribution in [0.2, 0.25) is 0 Å². The SMILES string of the molecule is CNCC(O)C1CCc2ccccc2N1. The Bertz CT molecular complexity index is 327. The molecule has 2 atom stereocenters. The van der Waals surface area contributed by atoms with Crippen LogP contribution in [-0.4, -0.2) is 30.8 Å². The number of anilines is 1. The van der Waals surface area contributed by atoms with Gasteiger partial charge in [0.15, 0.2) is 0 Å². The number of fused-ring (bicyclic) bond motifs is 1. The van der Waals surface area contributed by atoms with E-state index in [0.29, 0.717) is 6.54 Å². The third-order valence-electron chi connectivity index (χ3n) is 2.96. The van der Waals surface area contributed by atoms with Gasteiger partial charge >= 0.3 is 0 Å². The molecule has 0 aliphatic carbocycles. The predicted octanol–water partition coefficient (Wildman–Crippen LogP) is 0.994. The highest BCUT2D eigenvalue weighted by Gasteiger charge is 2.23. The summed E-state index contributed by atoms with van der Waals surface area (Å²) in [6.07, 6.45) is 1.73. The van der Waals surface area contributed by atoms with Crippen LogP contribution in [0.4, 0.5) is 5.69 Å². The van der Waals surface area contributed by atoms with Crippen LogP contribution >= 0.6 is 0 Å². The Labute approximate surface area is 90.5 Å². The van der Waals surface area contributed by atoms with Crippen molar-refractivity contribution in [3.8, 4) is 0 Å². The van der Waals surface area contributed by atoms with Gasteiger partial charge in [0.25, 0.3) is 0 Å². The minimum Gasteiger partial charge on any atom is -0.390 e. The predicted molar refractivity (Wildman–Crippen MR) is 62.1 cm³/mol. The van der Waals surface area contributed by atoms with Gasteiger partial charge in [-0.15, -0.1) is 0 Å². The van der Waals surface area contributed by atoms with E-state index in [1.165, 1.54) is 11.3 Å². The zero-order valence-electron chi connectivity index (χ0n) is 9.03.